The van der Waals surface area contributed by atoms with Crippen LogP contribution in [0, 0.1) is 0 Å². The van der Waals surface area contributed by atoms with E-state index in [1.807, 2.05) is 30.3 Å². The van der Waals surface area contributed by atoms with E-state index in [1.165, 1.54) is 17.3 Å². The van der Waals surface area contributed by atoms with Crippen LogP contribution in [0.3, 0.4) is 0 Å². The third kappa shape index (κ3) is 3.71. The minimum Gasteiger partial charge on any atom is -0.497 e. The van der Waals surface area contributed by atoms with Crippen LogP contribution in [0.5, 0.6) is 11.5 Å². The summed E-state index contributed by atoms with van der Waals surface area (Å²) in [6.45, 7) is 2.11. The molecule has 0 unspecified atom stereocenters. The molecule has 0 N–H and O–H groups in total. The quantitative estimate of drug-likeness (QED) is 0.610. The minimum atomic E-state index is 0.222. The Morgan fingerprint density at radius 1 is 0.958 bits per heavy atom. The van der Waals surface area contributed by atoms with E-state index in [0.717, 1.165) is 5.56 Å². The Hall–Kier alpha value is -2.47. The Bertz CT molecular complexity index is 783. The van der Waals surface area contributed by atoms with Crippen molar-refractivity contribution in [1.29, 1.82) is 0 Å². The molecule has 1 atom stereocenters. The molecule has 124 valence electrons. The van der Waals surface area contributed by atoms with Gasteiger partial charge in [-0.05, 0) is 24.6 Å². The number of hydrogen-bond acceptors (Lipinski definition) is 6. The van der Waals surface area contributed by atoms with Gasteiger partial charge in [0.15, 0.2) is 0 Å². The lowest BCUT2D eigenvalue weighted by atomic mass is 10.2. The molecule has 2 aromatic carbocycles. The number of rotatable bonds is 6. The maximum atomic E-state index is 5.79. The first-order valence-corrected chi connectivity index (χ1v) is 8.36. The van der Waals surface area contributed by atoms with Gasteiger partial charge >= 0.3 is 0 Å². The molecule has 0 saturated carbocycles. The number of aromatic nitrogens is 2. The smallest absolute Gasteiger partial charge is 0.277 e. The average molecular weight is 342 g/mol. The fraction of sp³-hybridized carbons (Fsp3) is 0.222. The summed E-state index contributed by atoms with van der Waals surface area (Å²) in [4.78, 5) is 0. The van der Waals surface area contributed by atoms with Crippen LogP contribution in [0.2, 0.25) is 0 Å². The maximum Gasteiger partial charge on any atom is 0.277 e. The molecule has 24 heavy (non-hydrogen) atoms. The monoisotopic (exact) mass is 342 g/mol. The van der Waals surface area contributed by atoms with Gasteiger partial charge in [-0.15, -0.1) is 10.2 Å². The number of thioether (sulfide) groups is 1. The van der Waals surface area contributed by atoms with Crippen molar-refractivity contribution in [2.24, 2.45) is 0 Å². The molecular weight excluding hydrogens is 324 g/mol. The van der Waals surface area contributed by atoms with Gasteiger partial charge < -0.3 is 13.9 Å². The van der Waals surface area contributed by atoms with E-state index in [4.69, 9.17) is 13.9 Å². The first kappa shape index (κ1) is 16.4. The lowest BCUT2D eigenvalue weighted by Crippen LogP contribution is -1.88. The van der Waals surface area contributed by atoms with Crippen molar-refractivity contribution in [2.45, 2.75) is 17.4 Å². The fourth-order valence-corrected chi connectivity index (χ4v) is 3.06. The summed E-state index contributed by atoms with van der Waals surface area (Å²) in [6, 6.07) is 15.7. The van der Waals surface area contributed by atoms with E-state index >= 15 is 0 Å². The average Bonchev–Trinajstić information content (AvgIpc) is 3.10. The van der Waals surface area contributed by atoms with E-state index in [-0.39, 0.29) is 5.25 Å². The van der Waals surface area contributed by atoms with Crippen LogP contribution in [-0.4, -0.2) is 24.4 Å². The van der Waals surface area contributed by atoms with E-state index in [0.29, 0.717) is 22.6 Å². The molecule has 1 aromatic heterocycles. The standard InChI is InChI=1S/C18H18N2O3S/c1-12(13-7-5-4-6-8-13)24-18-20-19-17(23-18)14-9-15(21-2)11-16(10-14)22-3/h4-12H,1-3H3/t12-/m1/s1. The Morgan fingerprint density at radius 3 is 2.25 bits per heavy atom. The van der Waals surface area contributed by atoms with Crippen molar-refractivity contribution in [3.63, 3.8) is 0 Å². The minimum absolute atomic E-state index is 0.222. The molecule has 0 fully saturated rings. The van der Waals surface area contributed by atoms with Gasteiger partial charge in [0.25, 0.3) is 5.22 Å². The Kier molecular flexibility index (Phi) is 5.05. The molecule has 6 heteroatoms. The van der Waals surface area contributed by atoms with Crippen LogP contribution in [-0.2, 0) is 0 Å². The predicted molar refractivity (Wildman–Crippen MR) is 93.6 cm³/mol. The normalized spacial score (nSPS) is 12.0. The SMILES string of the molecule is COc1cc(OC)cc(-c2nnc(S[C@H](C)c3ccccc3)o2)c1. The number of hydrogen-bond donors (Lipinski definition) is 0. The number of benzene rings is 2. The zero-order valence-electron chi connectivity index (χ0n) is 13.7. The van der Waals surface area contributed by atoms with Crippen LogP contribution >= 0.6 is 11.8 Å². The Morgan fingerprint density at radius 2 is 1.62 bits per heavy atom. The zero-order valence-corrected chi connectivity index (χ0v) is 14.5. The van der Waals surface area contributed by atoms with Gasteiger partial charge in [0.1, 0.15) is 11.5 Å². The van der Waals surface area contributed by atoms with Gasteiger partial charge in [0.05, 0.1) is 14.2 Å². The summed E-state index contributed by atoms with van der Waals surface area (Å²) >= 11 is 1.53. The molecule has 0 aliphatic heterocycles. The van der Waals surface area contributed by atoms with Crippen molar-refractivity contribution in [1.82, 2.24) is 10.2 Å². The second kappa shape index (κ2) is 7.40. The van der Waals surface area contributed by atoms with Crippen molar-refractivity contribution < 1.29 is 13.9 Å². The summed E-state index contributed by atoms with van der Waals surface area (Å²) < 4.78 is 16.3. The highest BCUT2D eigenvalue weighted by molar-refractivity contribution is 7.99. The van der Waals surface area contributed by atoms with Crippen LogP contribution < -0.4 is 9.47 Å². The Labute approximate surface area is 145 Å². The van der Waals surface area contributed by atoms with E-state index in [1.54, 1.807) is 20.3 Å². The summed E-state index contributed by atoms with van der Waals surface area (Å²) in [7, 11) is 3.21. The van der Waals surface area contributed by atoms with Crippen molar-refractivity contribution in [2.75, 3.05) is 14.2 Å². The lowest BCUT2D eigenvalue weighted by molar-refractivity contribution is 0.394. The zero-order chi connectivity index (χ0) is 16.9. The molecule has 1 heterocycles. The van der Waals surface area contributed by atoms with Gasteiger partial charge in [0.2, 0.25) is 5.89 Å². The van der Waals surface area contributed by atoms with Crippen LogP contribution in [0.15, 0.2) is 58.2 Å². The second-order valence-electron chi connectivity index (χ2n) is 5.15. The van der Waals surface area contributed by atoms with Gasteiger partial charge in [-0.2, -0.15) is 0 Å². The van der Waals surface area contributed by atoms with Crippen LogP contribution in [0.4, 0.5) is 0 Å². The van der Waals surface area contributed by atoms with E-state index < -0.39 is 0 Å². The van der Waals surface area contributed by atoms with E-state index in [9.17, 15) is 0 Å². The first-order valence-electron chi connectivity index (χ1n) is 7.48. The fourth-order valence-electron chi connectivity index (χ4n) is 2.25. The lowest BCUT2D eigenvalue weighted by Gasteiger charge is -2.08. The maximum absolute atomic E-state index is 5.79. The highest BCUT2D eigenvalue weighted by Gasteiger charge is 2.15. The van der Waals surface area contributed by atoms with Crippen molar-refractivity contribution >= 4 is 11.8 Å². The predicted octanol–water partition coefficient (Wildman–Crippen LogP) is 4.61. The van der Waals surface area contributed by atoms with Crippen LogP contribution in [0.25, 0.3) is 11.5 Å². The number of methoxy groups -OCH3 is 2. The van der Waals surface area contributed by atoms with Gasteiger partial charge in [-0.3, -0.25) is 0 Å². The van der Waals surface area contributed by atoms with Gasteiger partial charge in [0, 0.05) is 16.9 Å². The molecule has 3 rings (SSSR count). The molecule has 0 bridgehead atoms. The second-order valence-corrected chi connectivity index (χ2v) is 6.44. The summed E-state index contributed by atoms with van der Waals surface area (Å²) in [6.07, 6.45) is 0. The summed E-state index contributed by atoms with van der Waals surface area (Å²) in [5.41, 5.74) is 1.98. The summed E-state index contributed by atoms with van der Waals surface area (Å²) in [5, 5.41) is 9.02. The molecule has 0 spiro atoms. The third-order valence-electron chi connectivity index (χ3n) is 3.55. The molecule has 0 aliphatic rings. The molecule has 3 aromatic rings. The van der Waals surface area contributed by atoms with E-state index in [2.05, 4.69) is 29.3 Å². The van der Waals surface area contributed by atoms with Crippen LogP contribution in [0.1, 0.15) is 17.7 Å². The van der Waals surface area contributed by atoms with Crippen molar-refractivity contribution in [3.05, 3.63) is 54.1 Å². The number of nitrogens with zero attached hydrogens (tertiary/aromatic N) is 2. The van der Waals surface area contributed by atoms with Gasteiger partial charge in [-0.1, -0.05) is 42.1 Å². The topological polar surface area (TPSA) is 57.4 Å². The molecule has 0 aliphatic carbocycles. The third-order valence-corrected chi connectivity index (χ3v) is 4.54. The summed E-state index contributed by atoms with van der Waals surface area (Å²) in [5.74, 6) is 1.79. The highest BCUT2D eigenvalue weighted by atomic mass is 32.2. The molecule has 0 amide bonds. The largest absolute Gasteiger partial charge is 0.497 e. The Balaban J connectivity index is 1.81. The molecule has 5 nitrogen and oxygen atoms in total. The molecule has 0 radical (unpaired) electrons. The van der Waals surface area contributed by atoms with Crippen molar-refractivity contribution in [3.8, 4) is 23.0 Å². The highest BCUT2D eigenvalue weighted by Crippen LogP contribution is 2.36. The molecule has 0 saturated heterocycles. The number of ether oxygens (including phenoxy) is 2. The molecular formula is C18H18N2O3S. The first-order chi connectivity index (χ1) is 11.7. The van der Waals surface area contributed by atoms with Gasteiger partial charge in [-0.25, -0.2) is 0 Å².